The number of imidazole rings is 1. The molecule has 0 aliphatic carbocycles. The monoisotopic (exact) mass is 400 g/mol. The number of sulfonamides is 1. The van der Waals surface area contributed by atoms with Crippen molar-refractivity contribution in [1.29, 1.82) is 5.26 Å². The number of nitrogens with one attached hydrogen (secondary N) is 1. The van der Waals surface area contributed by atoms with Crippen LogP contribution in [-0.2, 0) is 21.3 Å². The lowest BCUT2D eigenvalue weighted by atomic mass is 10.2. The van der Waals surface area contributed by atoms with Crippen molar-refractivity contribution in [3.8, 4) is 6.07 Å². The maximum atomic E-state index is 12.2. The topological polar surface area (TPSA) is 140 Å². The second-order valence-electron chi connectivity index (χ2n) is 5.90. The van der Waals surface area contributed by atoms with Crippen molar-refractivity contribution in [2.24, 2.45) is 0 Å². The molecule has 3 rings (SSSR count). The number of ether oxygens (including phenoxy) is 1. The van der Waals surface area contributed by atoms with Gasteiger partial charge in [-0.05, 0) is 26.0 Å². The molecule has 0 bridgehead atoms. The second-order valence-corrected chi connectivity index (χ2v) is 7.58. The zero-order valence-electron chi connectivity index (χ0n) is 15.1. The van der Waals surface area contributed by atoms with E-state index in [1.807, 2.05) is 17.7 Å². The van der Waals surface area contributed by atoms with Gasteiger partial charge in [0.2, 0.25) is 0 Å². The molecule has 0 fully saturated rings. The van der Waals surface area contributed by atoms with Crippen LogP contribution in [0.25, 0.3) is 11.2 Å². The van der Waals surface area contributed by atoms with E-state index in [0.29, 0.717) is 17.0 Å². The molecule has 0 aliphatic rings. The van der Waals surface area contributed by atoms with Gasteiger partial charge in [-0.15, -0.1) is 0 Å². The van der Waals surface area contributed by atoms with Gasteiger partial charge in [-0.3, -0.25) is 0 Å². The minimum absolute atomic E-state index is 0.0353. The predicted octanol–water partition coefficient (Wildman–Crippen LogP) is 1.43. The quantitative estimate of drug-likeness (QED) is 0.678. The zero-order valence-corrected chi connectivity index (χ0v) is 15.9. The molecular weight excluding hydrogens is 384 g/mol. The summed E-state index contributed by atoms with van der Waals surface area (Å²) in [5, 5.41) is 9.11. The minimum Gasteiger partial charge on any atom is -0.447 e. The SMILES string of the molecule is Cc1ccc(S(=O)(=O)NC(=O)OCCn2cnc3c(C#N)nc(C)nc32)cc1. The average Bonchev–Trinajstić information content (AvgIpc) is 3.04. The summed E-state index contributed by atoms with van der Waals surface area (Å²) >= 11 is 0. The van der Waals surface area contributed by atoms with E-state index in [4.69, 9.17) is 10.00 Å². The third-order valence-corrected chi connectivity index (χ3v) is 5.12. The number of rotatable bonds is 5. The van der Waals surface area contributed by atoms with Gasteiger partial charge in [-0.25, -0.2) is 32.9 Å². The summed E-state index contributed by atoms with van der Waals surface area (Å²) in [6.45, 7) is 3.53. The third kappa shape index (κ3) is 4.07. The van der Waals surface area contributed by atoms with Crippen LogP contribution in [-0.4, -0.2) is 40.6 Å². The average molecular weight is 400 g/mol. The number of fused-ring (bicyclic) bond motifs is 1. The smallest absolute Gasteiger partial charge is 0.421 e. The van der Waals surface area contributed by atoms with E-state index in [1.165, 1.54) is 18.5 Å². The van der Waals surface area contributed by atoms with E-state index in [2.05, 4.69) is 15.0 Å². The summed E-state index contributed by atoms with van der Waals surface area (Å²) in [6, 6.07) is 8.01. The summed E-state index contributed by atoms with van der Waals surface area (Å²) in [4.78, 5) is 24.1. The first-order valence-electron chi connectivity index (χ1n) is 8.16. The van der Waals surface area contributed by atoms with Crippen molar-refractivity contribution in [2.75, 3.05) is 6.61 Å². The molecule has 28 heavy (non-hydrogen) atoms. The van der Waals surface area contributed by atoms with Crippen LogP contribution in [0.15, 0.2) is 35.5 Å². The number of aromatic nitrogens is 4. The molecule has 2 heterocycles. The van der Waals surface area contributed by atoms with E-state index in [-0.39, 0.29) is 23.7 Å². The van der Waals surface area contributed by atoms with Crippen molar-refractivity contribution in [3.63, 3.8) is 0 Å². The molecule has 0 spiro atoms. The van der Waals surface area contributed by atoms with Crippen molar-refractivity contribution < 1.29 is 17.9 Å². The second kappa shape index (κ2) is 7.61. The molecule has 1 aromatic carbocycles. The Morgan fingerprint density at radius 2 is 1.96 bits per heavy atom. The molecule has 1 amide bonds. The summed E-state index contributed by atoms with van der Waals surface area (Å²) in [7, 11) is -4.01. The van der Waals surface area contributed by atoms with Crippen molar-refractivity contribution >= 4 is 27.3 Å². The van der Waals surface area contributed by atoms with Gasteiger partial charge in [0.05, 0.1) is 17.8 Å². The number of benzene rings is 1. The van der Waals surface area contributed by atoms with E-state index in [9.17, 15) is 13.2 Å². The van der Waals surface area contributed by atoms with Crippen LogP contribution in [0.1, 0.15) is 17.1 Å². The molecule has 0 saturated carbocycles. The highest BCUT2D eigenvalue weighted by Crippen LogP contribution is 2.14. The third-order valence-electron chi connectivity index (χ3n) is 3.80. The highest BCUT2D eigenvalue weighted by Gasteiger charge is 2.18. The van der Waals surface area contributed by atoms with Crippen LogP contribution in [0, 0.1) is 25.2 Å². The summed E-state index contributed by atoms with van der Waals surface area (Å²) in [5.41, 5.74) is 1.83. The Kier molecular flexibility index (Phi) is 5.23. The Morgan fingerprint density at radius 1 is 1.25 bits per heavy atom. The van der Waals surface area contributed by atoms with Gasteiger partial charge in [0.15, 0.2) is 11.3 Å². The molecule has 2 aromatic heterocycles. The fourth-order valence-electron chi connectivity index (χ4n) is 2.45. The molecule has 10 nitrogen and oxygen atoms in total. The highest BCUT2D eigenvalue weighted by molar-refractivity contribution is 7.90. The summed E-state index contributed by atoms with van der Waals surface area (Å²) < 4.78 is 32.7. The molecule has 0 atom stereocenters. The van der Waals surface area contributed by atoms with Gasteiger partial charge < -0.3 is 9.30 Å². The first kappa shape index (κ1) is 19.2. The first-order chi connectivity index (χ1) is 13.3. The number of hydrogen-bond donors (Lipinski definition) is 1. The Labute approximate surface area is 160 Å². The van der Waals surface area contributed by atoms with Gasteiger partial charge >= 0.3 is 6.09 Å². The molecule has 1 N–H and O–H groups in total. The normalized spacial score (nSPS) is 11.2. The fraction of sp³-hybridized carbons (Fsp3) is 0.235. The molecule has 0 aliphatic heterocycles. The highest BCUT2D eigenvalue weighted by atomic mass is 32.2. The van der Waals surface area contributed by atoms with E-state index < -0.39 is 16.1 Å². The van der Waals surface area contributed by atoms with Gasteiger partial charge in [-0.2, -0.15) is 5.26 Å². The lowest BCUT2D eigenvalue weighted by Gasteiger charge is -2.09. The molecule has 0 unspecified atom stereocenters. The number of aryl methyl sites for hydroxylation is 2. The van der Waals surface area contributed by atoms with Gasteiger partial charge in [0.25, 0.3) is 10.0 Å². The maximum absolute atomic E-state index is 12.2. The lowest BCUT2D eigenvalue weighted by Crippen LogP contribution is -2.31. The fourth-order valence-corrected chi connectivity index (χ4v) is 3.34. The number of nitriles is 1. The molecule has 0 radical (unpaired) electrons. The van der Waals surface area contributed by atoms with Crippen LogP contribution >= 0.6 is 0 Å². The van der Waals surface area contributed by atoms with E-state index in [1.54, 1.807) is 23.6 Å². The van der Waals surface area contributed by atoms with E-state index in [0.717, 1.165) is 5.56 Å². The maximum Gasteiger partial charge on any atom is 0.421 e. The van der Waals surface area contributed by atoms with Crippen LogP contribution < -0.4 is 4.72 Å². The first-order valence-corrected chi connectivity index (χ1v) is 9.64. The number of amides is 1. The van der Waals surface area contributed by atoms with Gasteiger partial charge in [0, 0.05) is 0 Å². The number of hydrogen-bond acceptors (Lipinski definition) is 8. The molecular formula is C17H16N6O4S. The summed E-state index contributed by atoms with van der Waals surface area (Å²) in [5.74, 6) is 0.411. The number of nitrogens with zero attached hydrogens (tertiary/aromatic N) is 5. The van der Waals surface area contributed by atoms with E-state index >= 15 is 0 Å². The molecule has 0 saturated heterocycles. The zero-order chi connectivity index (χ0) is 20.3. The molecule has 3 aromatic rings. The Hall–Kier alpha value is -3.52. The van der Waals surface area contributed by atoms with Gasteiger partial charge in [-0.1, -0.05) is 17.7 Å². The van der Waals surface area contributed by atoms with Crippen LogP contribution in [0.4, 0.5) is 4.79 Å². The number of carbonyl (C=O) groups excluding carboxylic acids is 1. The Balaban J connectivity index is 1.63. The van der Waals surface area contributed by atoms with Crippen molar-refractivity contribution in [1.82, 2.24) is 24.2 Å². The standard InChI is InChI=1S/C17H16N6O4S/c1-11-3-5-13(6-4-11)28(25,26)22-17(24)27-8-7-23-10-19-15-14(9-18)20-12(2)21-16(15)23/h3-6,10H,7-8H2,1-2H3,(H,22,24). The van der Waals surface area contributed by atoms with Gasteiger partial charge in [0.1, 0.15) is 24.0 Å². The predicted molar refractivity (Wildman–Crippen MR) is 97.6 cm³/mol. The lowest BCUT2D eigenvalue weighted by molar-refractivity contribution is 0.148. The summed E-state index contributed by atoms with van der Waals surface area (Å²) in [6.07, 6.45) is 0.359. The molecule has 11 heteroatoms. The van der Waals surface area contributed by atoms with Crippen LogP contribution in [0.3, 0.4) is 0 Å². The van der Waals surface area contributed by atoms with Crippen molar-refractivity contribution in [2.45, 2.75) is 25.3 Å². The van der Waals surface area contributed by atoms with Crippen LogP contribution in [0.5, 0.6) is 0 Å². The largest absolute Gasteiger partial charge is 0.447 e. The Bertz CT molecular complexity index is 1180. The molecule has 144 valence electrons. The number of carbonyl (C=O) groups is 1. The van der Waals surface area contributed by atoms with Crippen molar-refractivity contribution in [3.05, 3.63) is 47.7 Å². The minimum atomic E-state index is -4.01. The van der Waals surface area contributed by atoms with Crippen LogP contribution in [0.2, 0.25) is 0 Å². The Morgan fingerprint density at radius 3 is 2.64 bits per heavy atom.